The molecule has 1 heterocycles. The van der Waals surface area contributed by atoms with Gasteiger partial charge in [-0.1, -0.05) is 19.3 Å². The van der Waals surface area contributed by atoms with Gasteiger partial charge in [0.05, 0.1) is 6.61 Å². The smallest absolute Gasteiger partial charge is 0.0589 e. The second-order valence-corrected chi connectivity index (χ2v) is 7.26. The number of nitrogens with one attached hydrogen (secondary N) is 1. The van der Waals surface area contributed by atoms with Crippen molar-refractivity contribution in [2.24, 2.45) is 5.41 Å². The van der Waals surface area contributed by atoms with E-state index in [-0.39, 0.29) is 0 Å². The van der Waals surface area contributed by atoms with Crippen molar-refractivity contribution in [3.05, 3.63) is 0 Å². The minimum atomic E-state index is 0.685. The van der Waals surface area contributed by atoms with Gasteiger partial charge in [0.25, 0.3) is 0 Å². The second kappa shape index (κ2) is 6.76. The Hall–Kier alpha value is -0.120. The SMILES string of the molecule is COCCN(CC1CCCN1)C1CCC12CCCCC2. The minimum Gasteiger partial charge on any atom is -0.383 e. The second-order valence-electron chi connectivity index (χ2n) is 7.26. The van der Waals surface area contributed by atoms with Crippen molar-refractivity contribution in [2.75, 3.05) is 33.4 Å². The van der Waals surface area contributed by atoms with E-state index in [4.69, 9.17) is 4.74 Å². The van der Waals surface area contributed by atoms with Crippen LogP contribution in [-0.2, 0) is 4.74 Å². The lowest BCUT2D eigenvalue weighted by molar-refractivity contribution is -0.0616. The van der Waals surface area contributed by atoms with Crippen molar-refractivity contribution in [1.82, 2.24) is 10.2 Å². The standard InChI is InChI=1S/C17H32N2O/c1-20-13-12-19(14-15-6-5-11-18-15)16-7-10-17(16)8-3-2-4-9-17/h15-16,18H,2-14H2,1H3. The van der Waals surface area contributed by atoms with E-state index >= 15 is 0 Å². The summed E-state index contributed by atoms with van der Waals surface area (Å²) >= 11 is 0. The number of hydrogen-bond donors (Lipinski definition) is 1. The third kappa shape index (κ3) is 3.05. The molecule has 1 N–H and O–H groups in total. The van der Waals surface area contributed by atoms with Gasteiger partial charge in [-0.05, 0) is 50.5 Å². The summed E-state index contributed by atoms with van der Waals surface area (Å²) in [6, 6.07) is 1.58. The molecule has 2 saturated carbocycles. The van der Waals surface area contributed by atoms with E-state index in [0.717, 1.165) is 25.2 Å². The largest absolute Gasteiger partial charge is 0.383 e. The van der Waals surface area contributed by atoms with Crippen LogP contribution in [-0.4, -0.2) is 50.3 Å². The van der Waals surface area contributed by atoms with Crippen LogP contribution in [0.25, 0.3) is 0 Å². The molecule has 2 unspecified atom stereocenters. The molecular weight excluding hydrogens is 248 g/mol. The lowest BCUT2D eigenvalue weighted by Gasteiger charge is -2.57. The van der Waals surface area contributed by atoms with Gasteiger partial charge in [0.15, 0.2) is 0 Å². The highest BCUT2D eigenvalue weighted by molar-refractivity contribution is 5.03. The molecule has 2 atom stereocenters. The Morgan fingerprint density at radius 1 is 1.10 bits per heavy atom. The van der Waals surface area contributed by atoms with Gasteiger partial charge in [-0.15, -0.1) is 0 Å². The summed E-state index contributed by atoms with van der Waals surface area (Å²) in [6.45, 7) is 4.48. The van der Waals surface area contributed by atoms with Crippen LogP contribution in [0.1, 0.15) is 57.8 Å². The average Bonchev–Trinajstić information content (AvgIpc) is 2.97. The van der Waals surface area contributed by atoms with Crippen LogP contribution in [0.4, 0.5) is 0 Å². The van der Waals surface area contributed by atoms with Crippen LogP contribution in [0.15, 0.2) is 0 Å². The molecular formula is C17H32N2O. The van der Waals surface area contributed by atoms with Crippen molar-refractivity contribution in [1.29, 1.82) is 0 Å². The first-order valence-corrected chi connectivity index (χ1v) is 8.80. The summed E-state index contributed by atoms with van der Waals surface area (Å²) in [5.41, 5.74) is 0.685. The molecule has 0 amide bonds. The molecule has 1 saturated heterocycles. The van der Waals surface area contributed by atoms with E-state index in [9.17, 15) is 0 Å². The summed E-state index contributed by atoms with van der Waals surface area (Å²) in [5, 5.41) is 3.68. The monoisotopic (exact) mass is 280 g/mol. The van der Waals surface area contributed by atoms with E-state index < -0.39 is 0 Å². The molecule has 1 spiro atoms. The van der Waals surface area contributed by atoms with E-state index in [2.05, 4.69) is 10.2 Å². The summed E-state index contributed by atoms with van der Waals surface area (Å²) in [7, 11) is 1.84. The fraction of sp³-hybridized carbons (Fsp3) is 1.00. The summed E-state index contributed by atoms with van der Waals surface area (Å²) in [5.74, 6) is 0. The summed E-state index contributed by atoms with van der Waals surface area (Å²) < 4.78 is 5.37. The molecule has 0 aromatic carbocycles. The van der Waals surface area contributed by atoms with Gasteiger partial charge in [-0.25, -0.2) is 0 Å². The fourth-order valence-electron chi connectivity index (χ4n) is 4.87. The minimum absolute atomic E-state index is 0.685. The van der Waals surface area contributed by atoms with Crippen LogP contribution < -0.4 is 5.32 Å². The predicted molar refractivity (Wildman–Crippen MR) is 83.0 cm³/mol. The molecule has 3 aliphatic rings. The quantitative estimate of drug-likeness (QED) is 0.810. The number of nitrogens with zero attached hydrogens (tertiary/aromatic N) is 1. The average molecular weight is 280 g/mol. The Labute approximate surface area is 124 Å². The molecule has 116 valence electrons. The lowest BCUT2D eigenvalue weighted by Crippen LogP contribution is -2.58. The van der Waals surface area contributed by atoms with Crippen molar-refractivity contribution in [2.45, 2.75) is 69.9 Å². The molecule has 2 aliphatic carbocycles. The van der Waals surface area contributed by atoms with Gasteiger partial charge in [0.2, 0.25) is 0 Å². The lowest BCUT2D eigenvalue weighted by atomic mass is 9.57. The van der Waals surface area contributed by atoms with Crippen LogP contribution in [0.5, 0.6) is 0 Å². The summed E-state index contributed by atoms with van der Waals surface area (Å²) in [6.07, 6.45) is 13.0. The van der Waals surface area contributed by atoms with Gasteiger partial charge >= 0.3 is 0 Å². The predicted octanol–water partition coefficient (Wildman–Crippen LogP) is 2.80. The molecule has 0 radical (unpaired) electrons. The first-order chi connectivity index (χ1) is 9.84. The van der Waals surface area contributed by atoms with Crippen molar-refractivity contribution < 1.29 is 4.74 Å². The van der Waals surface area contributed by atoms with Gasteiger partial charge in [-0.2, -0.15) is 0 Å². The van der Waals surface area contributed by atoms with E-state index in [1.807, 2.05) is 7.11 Å². The maximum Gasteiger partial charge on any atom is 0.0589 e. The maximum atomic E-state index is 5.37. The van der Waals surface area contributed by atoms with Crippen LogP contribution in [0.2, 0.25) is 0 Å². The number of methoxy groups -OCH3 is 1. The fourth-order valence-corrected chi connectivity index (χ4v) is 4.87. The molecule has 0 aromatic rings. The number of ether oxygens (including phenoxy) is 1. The van der Waals surface area contributed by atoms with Crippen LogP contribution >= 0.6 is 0 Å². The van der Waals surface area contributed by atoms with Crippen LogP contribution in [0.3, 0.4) is 0 Å². The molecule has 3 nitrogen and oxygen atoms in total. The maximum absolute atomic E-state index is 5.37. The Morgan fingerprint density at radius 3 is 2.55 bits per heavy atom. The first kappa shape index (κ1) is 14.8. The van der Waals surface area contributed by atoms with Gasteiger partial charge in [0, 0.05) is 32.3 Å². The highest BCUT2D eigenvalue weighted by atomic mass is 16.5. The molecule has 0 bridgehead atoms. The Balaban J connectivity index is 1.61. The molecule has 3 rings (SSSR count). The van der Waals surface area contributed by atoms with Gasteiger partial charge in [-0.3, -0.25) is 4.90 Å². The highest BCUT2D eigenvalue weighted by Gasteiger charge is 2.49. The normalized spacial score (nSPS) is 32.7. The zero-order valence-corrected chi connectivity index (χ0v) is 13.2. The van der Waals surface area contributed by atoms with Crippen LogP contribution in [0, 0.1) is 5.41 Å². The molecule has 3 fully saturated rings. The van der Waals surface area contributed by atoms with E-state index in [0.29, 0.717) is 5.41 Å². The van der Waals surface area contributed by atoms with E-state index in [1.165, 1.54) is 70.9 Å². The van der Waals surface area contributed by atoms with Gasteiger partial charge < -0.3 is 10.1 Å². The summed E-state index contributed by atoms with van der Waals surface area (Å²) in [4.78, 5) is 2.78. The number of rotatable bonds is 6. The van der Waals surface area contributed by atoms with Crippen molar-refractivity contribution in [3.63, 3.8) is 0 Å². The highest BCUT2D eigenvalue weighted by Crippen LogP contribution is 2.53. The molecule has 1 aliphatic heterocycles. The first-order valence-electron chi connectivity index (χ1n) is 8.80. The van der Waals surface area contributed by atoms with Gasteiger partial charge in [0.1, 0.15) is 0 Å². The third-order valence-electron chi connectivity index (χ3n) is 6.11. The van der Waals surface area contributed by atoms with Crippen molar-refractivity contribution in [3.8, 4) is 0 Å². The Morgan fingerprint density at radius 2 is 1.95 bits per heavy atom. The molecule has 3 heteroatoms. The molecule has 20 heavy (non-hydrogen) atoms. The molecule has 0 aromatic heterocycles. The third-order valence-corrected chi connectivity index (χ3v) is 6.11. The topological polar surface area (TPSA) is 24.5 Å². The Kier molecular flexibility index (Phi) is 5.00. The van der Waals surface area contributed by atoms with Crippen molar-refractivity contribution >= 4 is 0 Å². The zero-order chi connectivity index (χ0) is 13.8. The zero-order valence-electron chi connectivity index (χ0n) is 13.2. The van der Waals surface area contributed by atoms with E-state index in [1.54, 1.807) is 0 Å². The Bertz CT molecular complexity index is 295. The number of hydrogen-bond acceptors (Lipinski definition) is 3.